The number of para-hydroxylation sites is 1. The maximum Gasteiger partial charge on any atom is 0.261 e. The summed E-state index contributed by atoms with van der Waals surface area (Å²) in [5.74, 6) is 0.454. The molecule has 1 N–H and O–H groups in total. The Morgan fingerprint density at radius 2 is 2.25 bits per heavy atom. The van der Waals surface area contributed by atoms with Gasteiger partial charge in [-0.05, 0) is 37.6 Å². The van der Waals surface area contributed by atoms with Gasteiger partial charge in [0.2, 0.25) is 0 Å². The lowest BCUT2D eigenvalue weighted by atomic mass is 10.0. The van der Waals surface area contributed by atoms with Crippen LogP contribution in [0.15, 0.2) is 41.5 Å². The van der Waals surface area contributed by atoms with Crippen LogP contribution in [0.1, 0.15) is 19.4 Å². The molecule has 1 aromatic carbocycles. The van der Waals surface area contributed by atoms with Gasteiger partial charge >= 0.3 is 0 Å². The van der Waals surface area contributed by atoms with Crippen LogP contribution < -0.4 is 10.1 Å². The molecule has 0 saturated heterocycles. The lowest BCUT2D eigenvalue weighted by Crippen LogP contribution is -2.25. The summed E-state index contributed by atoms with van der Waals surface area (Å²) in [6.07, 6.45) is 3.34. The summed E-state index contributed by atoms with van der Waals surface area (Å²) in [6.45, 7) is 4.20. The average Bonchev–Trinajstić information content (AvgIpc) is 2.45. The van der Waals surface area contributed by atoms with E-state index in [1.165, 1.54) is 0 Å². The van der Waals surface area contributed by atoms with Gasteiger partial charge in [-0.15, -0.1) is 0 Å². The fourth-order valence-corrected chi connectivity index (χ4v) is 1.99. The number of nitrogens with zero attached hydrogens (tertiary/aromatic N) is 1. The summed E-state index contributed by atoms with van der Waals surface area (Å²) in [4.78, 5) is 11.7. The van der Waals surface area contributed by atoms with Gasteiger partial charge in [0.05, 0.1) is 0 Å². The normalized spacial score (nSPS) is 17.4. The first-order chi connectivity index (χ1) is 9.65. The van der Waals surface area contributed by atoms with Crippen LogP contribution in [0.25, 0.3) is 6.08 Å². The largest absolute Gasteiger partial charge is 0.485 e. The molecule has 20 heavy (non-hydrogen) atoms. The van der Waals surface area contributed by atoms with Crippen molar-refractivity contribution in [1.29, 1.82) is 5.26 Å². The van der Waals surface area contributed by atoms with Crippen LogP contribution >= 0.6 is 0 Å². The molecule has 1 aliphatic rings. The van der Waals surface area contributed by atoms with Gasteiger partial charge in [0, 0.05) is 12.1 Å². The number of nitriles is 1. The molecule has 4 nitrogen and oxygen atoms in total. The van der Waals surface area contributed by atoms with Crippen LogP contribution in [0.2, 0.25) is 0 Å². The van der Waals surface area contributed by atoms with Crippen molar-refractivity contribution in [3.63, 3.8) is 0 Å². The minimum absolute atomic E-state index is 0.0907. The molecule has 0 aliphatic carbocycles. The van der Waals surface area contributed by atoms with Crippen molar-refractivity contribution in [2.45, 2.75) is 20.0 Å². The number of carbonyl (C=O) groups excluding carboxylic acids is 1. The van der Waals surface area contributed by atoms with E-state index >= 15 is 0 Å². The Kier molecular flexibility index (Phi) is 4.21. The van der Waals surface area contributed by atoms with E-state index < -0.39 is 0 Å². The summed E-state index contributed by atoms with van der Waals surface area (Å²) < 4.78 is 5.78. The standard InChI is InChI=1S/C16H16N2O2/c1-3-18-16(19)14(10-17)9-13-8-12-6-4-5-7-15(12)20-11(13)2/h4-9,11H,3H2,1-2H3,(H,18,19). The van der Waals surface area contributed by atoms with Gasteiger partial charge in [0.15, 0.2) is 0 Å². The molecular weight excluding hydrogens is 252 g/mol. The summed E-state index contributed by atoms with van der Waals surface area (Å²) >= 11 is 0. The first-order valence-electron chi connectivity index (χ1n) is 6.53. The Morgan fingerprint density at radius 1 is 1.50 bits per heavy atom. The molecular formula is C16H16N2O2. The third kappa shape index (κ3) is 2.89. The highest BCUT2D eigenvalue weighted by molar-refractivity contribution is 5.98. The summed E-state index contributed by atoms with van der Waals surface area (Å²) in [5.41, 5.74) is 1.85. The molecule has 2 rings (SSSR count). The van der Waals surface area contributed by atoms with Gasteiger partial charge in [-0.25, -0.2) is 0 Å². The average molecular weight is 268 g/mol. The Balaban J connectivity index is 2.35. The Morgan fingerprint density at radius 3 is 2.95 bits per heavy atom. The molecule has 0 aromatic heterocycles. The summed E-state index contributed by atoms with van der Waals surface area (Å²) in [6, 6.07) is 9.60. The van der Waals surface area contributed by atoms with Crippen LogP contribution in [0.3, 0.4) is 0 Å². The Bertz CT molecular complexity index is 624. The number of nitrogens with one attached hydrogen (secondary N) is 1. The second-order valence-electron chi connectivity index (χ2n) is 4.47. The minimum atomic E-state index is -0.359. The zero-order valence-corrected chi connectivity index (χ0v) is 11.5. The fraction of sp³-hybridized carbons (Fsp3) is 0.250. The van der Waals surface area contributed by atoms with E-state index in [9.17, 15) is 4.79 Å². The number of fused-ring (bicyclic) bond motifs is 1. The molecule has 102 valence electrons. The van der Waals surface area contributed by atoms with Crippen molar-refractivity contribution >= 4 is 12.0 Å². The number of hydrogen-bond donors (Lipinski definition) is 1. The van der Waals surface area contributed by atoms with Crippen LogP contribution in [0.4, 0.5) is 0 Å². The van der Waals surface area contributed by atoms with Gasteiger partial charge in [-0.1, -0.05) is 18.2 Å². The zero-order chi connectivity index (χ0) is 14.5. The topological polar surface area (TPSA) is 62.1 Å². The Hall–Kier alpha value is -2.54. The van der Waals surface area contributed by atoms with E-state index in [4.69, 9.17) is 10.00 Å². The molecule has 1 atom stereocenters. The van der Waals surface area contributed by atoms with E-state index in [0.29, 0.717) is 6.54 Å². The highest BCUT2D eigenvalue weighted by atomic mass is 16.5. The van der Waals surface area contributed by atoms with E-state index in [1.54, 1.807) is 6.08 Å². The molecule has 4 heteroatoms. The van der Waals surface area contributed by atoms with Crippen molar-refractivity contribution in [2.75, 3.05) is 6.54 Å². The number of benzene rings is 1. The second-order valence-corrected chi connectivity index (χ2v) is 4.47. The first kappa shape index (κ1) is 13.9. The molecule has 1 heterocycles. The van der Waals surface area contributed by atoms with Gasteiger partial charge in [0.1, 0.15) is 23.5 Å². The molecule has 0 saturated carbocycles. The molecule has 1 aliphatic heterocycles. The highest BCUT2D eigenvalue weighted by Crippen LogP contribution is 2.30. The molecule has 0 spiro atoms. The third-order valence-electron chi connectivity index (χ3n) is 3.03. The van der Waals surface area contributed by atoms with E-state index in [1.807, 2.05) is 50.3 Å². The minimum Gasteiger partial charge on any atom is -0.485 e. The predicted octanol–water partition coefficient (Wildman–Crippen LogP) is 2.44. The monoisotopic (exact) mass is 268 g/mol. The van der Waals surface area contributed by atoms with Crippen LogP contribution in [-0.4, -0.2) is 18.6 Å². The van der Waals surface area contributed by atoms with E-state index in [-0.39, 0.29) is 17.6 Å². The third-order valence-corrected chi connectivity index (χ3v) is 3.03. The smallest absolute Gasteiger partial charge is 0.261 e. The highest BCUT2D eigenvalue weighted by Gasteiger charge is 2.18. The van der Waals surface area contributed by atoms with Crippen LogP contribution in [0, 0.1) is 11.3 Å². The SMILES string of the molecule is CCNC(=O)C(C#N)=CC1=Cc2ccccc2OC1C. The number of likely N-dealkylation sites (N-methyl/N-ethyl adjacent to an activating group) is 1. The maximum absolute atomic E-state index is 11.7. The lowest BCUT2D eigenvalue weighted by Gasteiger charge is -2.22. The number of amides is 1. The molecule has 0 radical (unpaired) electrons. The van der Waals surface area contributed by atoms with Crippen LogP contribution in [0.5, 0.6) is 5.75 Å². The number of carbonyl (C=O) groups is 1. The lowest BCUT2D eigenvalue weighted by molar-refractivity contribution is -0.117. The maximum atomic E-state index is 11.7. The number of rotatable bonds is 3. The van der Waals surface area contributed by atoms with Gasteiger partial charge in [0.25, 0.3) is 5.91 Å². The summed E-state index contributed by atoms with van der Waals surface area (Å²) in [7, 11) is 0. The van der Waals surface area contributed by atoms with Crippen molar-refractivity contribution in [2.24, 2.45) is 0 Å². The van der Waals surface area contributed by atoms with Crippen molar-refractivity contribution in [3.8, 4) is 11.8 Å². The van der Waals surface area contributed by atoms with Crippen molar-refractivity contribution < 1.29 is 9.53 Å². The van der Waals surface area contributed by atoms with Crippen molar-refractivity contribution in [3.05, 3.63) is 47.1 Å². The van der Waals surface area contributed by atoms with Gasteiger partial charge < -0.3 is 10.1 Å². The molecule has 0 bridgehead atoms. The van der Waals surface area contributed by atoms with E-state index in [0.717, 1.165) is 16.9 Å². The van der Waals surface area contributed by atoms with Gasteiger partial charge in [-0.3, -0.25) is 4.79 Å². The Labute approximate surface area is 118 Å². The molecule has 1 unspecified atom stereocenters. The molecule has 1 amide bonds. The number of ether oxygens (including phenoxy) is 1. The van der Waals surface area contributed by atoms with Crippen molar-refractivity contribution in [1.82, 2.24) is 5.32 Å². The predicted molar refractivity (Wildman–Crippen MR) is 76.9 cm³/mol. The van der Waals surface area contributed by atoms with E-state index in [2.05, 4.69) is 5.32 Å². The van der Waals surface area contributed by atoms with Gasteiger partial charge in [-0.2, -0.15) is 5.26 Å². The molecule has 1 aromatic rings. The quantitative estimate of drug-likeness (QED) is 0.676. The second kappa shape index (κ2) is 6.07. The first-order valence-corrected chi connectivity index (χ1v) is 6.53. The number of hydrogen-bond acceptors (Lipinski definition) is 3. The van der Waals surface area contributed by atoms with Crippen LogP contribution in [-0.2, 0) is 4.79 Å². The molecule has 0 fully saturated rings. The summed E-state index contributed by atoms with van der Waals surface area (Å²) in [5, 5.41) is 11.7. The zero-order valence-electron chi connectivity index (χ0n) is 11.5. The fourth-order valence-electron chi connectivity index (χ4n) is 1.99.